The SMILES string of the molecule is COc1ccc(/C(O)=C2\C(=O)C(=O)N(c3ccc(C)c(Cl)c3)C2c2ccccc2OC)cc1OC. The molecule has 1 heterocycles. The monoisotopic (exact) mass is 493 g/mol. The molecule has 1 atom stereocenters. The molecule has 0 saturated carbocycles. The van der Waals surface area contributed by atoms with E-state index >= 15 is 0 Å². The molecule has 1 saturated heterocycles. The third kappa shape index (κ3) is 4.19. The molecular weight excluding hydrogens is 470 g/mol. The van der Waals surface area contributed by atoms with Crippen molar-refractivity contribution in [2.24, 2.45) is 0 Å². The van der Waals surface area contributed by atoms with Gasteiger partial charge in [-0.1, -0.05) is 35.9 Å². The van der Waals surface area contributed by atoms with Crippen LogP contribution in [0.2, 0.25) is 5.02 Å². The largest absolute Gasteiger partial charge is 0.507 e. The number of ketones is 1. The van der Waals surface area contributed by atoms with Crippen LogP contribution in [0.15, 0.2) is 66.2 Å². The summed E-state index contributed by atoms with van der Waals surface area (Å²) >= 11 is 6.35. The standard InChI is InChI=1S/C27H24ClNO6/c1-15-9-11-17(14-19(15)28)29-24(18-7-5-6-8-20(18)33-2)23(26(31)27(29)32)25(30)16-10-12-21(34-3)22(13-16)35-4/h5-14,24,30H,1-4H3/b25-23+. The first-order chi connectivity index (χ1) is 16.8. The number of anilines is 1. The Kier molecular flexibility index (Phi) is 6.71. The molecule has 7 nitrogen and oxygen atoms in total. The molecule has 1 aliphatic heterocycles. The number of methoxy groups -OCH3 is 3. The van der Waals surface area contributed by atoms with Crippen LogP contribution < -0.4 is 19.1 Å². The van der Waals surface area contributed by atoms with Crippen LogP contribution in [0, 0.1) is 6.92 Å². The number of ether oxygens (including phenoxy) is 3. The Labute approximate surface area is 208 Å². The molecule has 0 aliphatic carbocycles. The summed E-state index contributed by atoms with van der Waals surface area (Å²) in [4.78, 5) is 28.1. The number of halogens is 1. The van der Waals surface area contributed by atoms with Crippen LogP contribution in [0.4, 0.5) is 5.69 Å². The quantitative estimate of drug-likeness (QED) is 0.285. The summed E-state index contributed by atoms with van der Waals surface area (Å²) in [5.74, 6) is -0.681. The van der Waals surface area contributed by atoms with E-state index in [2.05, 4.69) is 0 Å². The Hall–Kier alpha value is -3.97. The van der Waals surface area contributed by atoms with Crippen molar-refractivity contribution >= 4 is 34.7 Å². The van der Waals surface area contributed by atoms with Gasteiger partial charge in [-0.25, -0.2) is 0 Å². The Balaban J connectivity index is 1.99. The Bertz CT molecular complexity index is 1350. The number of nitrogens with zero attached hydrogens (tertiary/aromatic N) is 1. The molecule has 1 unspecified atom stereocenters. The van der Waals surface area contributed by atoms with E-state index in [1.165, 1.54) is 26.2 Å². The molecule has 1 N–H and O–H groups in total. The predicted molar refractivity (Wildman–Crippen MR) is 134 cm³/mol. The van der Waals surface area contributed by atoms with Crippen LogP contribution in [0.25, 0.3) is 5.76 Å². The highest BCUT2D eigenvalue weighted by molar-refractivity contribution is 6.52. The number of benzene rings is 3. The zero-order valence-corrected chi connectivity index (χ0v) is 20.4. The van der Waals surface area contributed by atoms with Gasteiger partial charge in [-0.3, -0.25) is 14.5 Å². The average molecular weight is 494 g/mol. The fraction of sp³-hybridized carbons (Fsp3) is 0.185. The summed E-state index contributed by atoms with van der Waals surface area (Å²) in [5, 5.41) is 11.8. The van der Waals surface area contributed by atoms with Gasteiger partial charge in [-0.15, -0.1) is 0 Å². The minimum atomic E-state index is -0.960. The molecule has 0 aromatic heterocycles. The summed E-state index contributed by atoms with van der Waals surface area (Å²) in [7, 11) is 4.47. The van der Waals surface area contributed by atoms with Gasteiger partial charge >= 0.3 is 0 Å². The van der Waals surface area contributed by atoms with Gasteiger partial charge in [-0.05, 0) is 48.9 Å². The van der Waals surface area contributed by atoms with Crippen LogP contribution in [0.3, 0.4) is 0 Å². The zero-order chi connectivity index (χ0) is 25.3. The Morgan fingerprint density at radius 3 is 2.23 bits per heavy atom. The van der Waals surface area contributed by atoms with Gasteiger partial charge in [0.1, 0.15) is 11.5 Å². The van der Waals surface area contributed by atoms with Gasteiger partial charge in [-0.2, -0.15) is 0 Å². The highest BCUT2D eigenvalue weighted by Gasteiger charge is 2.48. The van der Waals surface area contributed by atoms with Crippen molar-refractivity contribution in [3.63, 3.8) is 0 Å². The molecule has 0 bridgehead atoms. The van der Waals surface area contributed by atoms with E-state index in [4.69, 9.17) is 25.8 Å². The van der Waals surface area contributed by atoms with Crippen LogP contribution in [-0.2, 0) is 9.59 Å². The van der Waals surface area contributed by atoms with Crippen LogP contribution in [0.1, 0.15) is 22.7 Å². The fourth-order valence-electron chi connectivity index (χ4n) is 4.16. The van der Waals surface area contributed by atoms with E-state index in [0.29, 0.717) is 39.1 Å². The molecule has 1 amide bonds. The number of aliphatic hydroxyl groups excluding tert-OH is 1. The highest BCUT2D eigenvalue weighted by atomic mass is 35.5. The van der Waals surface area contributed by atoms with Gasteiger partial charge in [0.25, 0.3) is 11.7 Å². The molecular formula is C27H24ClNO6. The van der Waals surface area contributed by atoms with Crippen molar-refractivity contribution in [1.29, 1.82) is 0 Å². The van der Waals surface area contributed by atoms with E-state index in [1.54, 1.807) is 60.7 Å². The lowest BCUT2D eigenvalue weighted by Crippen LogP contribution is -2.29. The molecule has 35 heavy (non-hydrogen) atoms. The number of rotatable bonds is 6. The van der Waals surface area contributed by atoms with E-state index < -0.39 is 17.7 Å². The maximum atomic E-state index is 13.4. The number of amides is 1. The number of hydrogen-bond acceptors (Lipinski definition) is 6. The summed E-state index contributed by atoms with van der Waals surface area (Å²) in [6.45, 7) is 1.84. The number of aryl methyl sites for hydroxylation is 1. The number of carbonyl (C=O) groups is 2. The molecule has 4 rings (SSSR count). The van der Waals surface area contributed by atoms with Crippen LogP contribution in [-0.4, -0.2) is 38.1 Å². The van der Waals surface area contributed by atoms with Crippen molar-refractivity contribution < 1.29 is 28.9 Å². The Morgan fingerprint density at radius 2 is 1.57 bits per heavy atom. The van der Waals surface area contributed by atoms with Crippen molar-refractivity contribution in [2.75, 3.05) is 26.2 Å². The lowest BCUT2D eigenvalue weighted by atomic mass is 9.94. The molecule has 1 fully saturated rings. The van der Waals surface area contributed by atoms with Crippen molar-refractivity contribution in [3.05, 3.63) is 87.9 Å². The fourth-order valence-corrected chi connectivity index (χ4v) is 4.33. The van der Waals surface area contributed by atoms with Gasteiger partial charge in [0.2, 0.25) is 0 Å². The molecule has 1 aliphatic rings. The number of aliphatic hydroxyl groups is 1. The molecule has 3 aromatic carbocycles. The maximum Gasteiger partial charge on any atom is 0.300 e. The third-order valence-corrected chi connectivity index (χ3v) is 6.38. The van der Waals surface area contributed by atoms with E-state index in [1.807, 2.05) is 6.92 Å². The minimum absolute atomic E-state index is 0.0802. The number of carbonyl (C=O) groups excluding carboxylic acids is 2. The second kappa shape index (κ2) is 9.72. The van der Waals surface area contributed by atoms with Gasteiger partial charge in [0.15, 0.2) is 11.5 Å². The normalized spacial score (nSPS) is 16.9. The lowest BCUT2D eigenvalue weighted by molar-refractivity contribution is -0.132. The molecule has 180 valence electrons. The second-order valence-corrected chi connectivity index (χ2v) is 8.32. The second-order valence-electron chi connectivity index (χ2n) is 7.91. The number of hydrogen-bond donors (Lipinski definition) is 1. The zero-order valence-electron chi connectivity index (χ0n) is 19.7. The highest BCUT2D eigenvalue weighted by Crippen LogP contribution is 2.45. The molecule has 0 radical (unpaired) electrons. The van der Waals surface area contributed by atoms with Gasteiger partial charge in [0, 0.05) is 21.8 Å². The third-order valence-electron chi connectivity index (χ3n) is 5.97. The molecule has 3 aromatic rings. The predicted octanol–water partition coefficient (Wildman–Crippen LogP) is 5.30. The summed E-state index contributed by atoms with van der Waals surface area (Å²) in [6.07, 6.45) is 0. The van der Waals surface area contributed by atoms with E-state index in [-0.39, 0.29) is 11.3 Å². The first-order valence-electron chi connectivity index (χ1n) is 10.7. The first-order valence-corrected chi connectivity index (χ1v) is 11.1. The van der Waals surface area contributed by atoms with Gasteiger partial charge in [0.05, 0.1) is 32.9 Å². The Morgan fingerprint density at radius 1 is 0.886 bits per heavy atom. The lowest BCUT2D eigenvalue weighted by Gasteiger charge is -2.27. The topological polar surface area (TPSA) is 85.3 Å². The summed E-state index contributed by atoms with van der Waals surface area (Å²) in [5.41, 5.74) is 2.00. The van der Waals surface area contributed by atoms with Crippen LogP contribution in [0.5, 0.6) is 17.2 Å². The molecule has 8 heteroatoms. The van der Waals surface area contributed by atoms with Crippen molar-refractivity contribution in [2.45, 2.75) is 13.0 Å². The first kappa shape index (κ1) is 24.2. The molecule has 0 spiro atoms. The van der Waals surface area contributed by atoms with E-state index in [0.717, 1.165) is 5.56 Å². The average Bonchev–Trinajstić information content (AvgIpc) is 3.14. The maximum absolute atomic E-state index is 13.4. The minimum Gasteiger partial charge on any atom is -0.507 e. The van der Waals surface area contributed by atoms with Crippen LogP contribution >= 0.6 is 11.6 Å². The van der Waals surface area contributed by atoms with Crippen molar-refractivity contribution in [1.82, 2.24) is 0 Å². The van der Waals surface area contributed by atoms with E-state index in [9.17, 15) is 14.7 Å². The smallest absolute Gasteiger partial charge is 0.300 e. The number of Topliss-reactive ketones (excluding diaryl/α,β-unsaturated/α-hetero) is 1. The van der Waals surface area contributed by atoms with Crippen molar-refractivity contribution in [3.8, 4) is 17.2 Å². The summed E-state index contributed by atoms with van der Waals surface area (Å²) < 4.78 is 16.2. The van der Waals surface area contributed by atoms with Gasteiger partial charge < -0.3 is 19.3 Å². The summed E-state index contributed by atoms with van der Waals surface area (Å²) in [6, 6.07) is 15.9. The number of para-hydroxylation sites is 1.